The normalized spacial score (nSPS) is 14.6. The van der Waals surface area contributed by atoms with Crippen LogP contribution < -0.4 is 15.2 Å². The number of ether oxygens (including phenoxy) is 1. The molecule has 4 aromatic rings. The Labute approximate surface area is 166 Å². The molecule has 9 nitrogen and oxygen atoms in total. The quantitative estimate of drug-likeness (QED) is 0.572. The first-order valence-corrected chi connectivity index (χ1v) is 9.71. The van der Waals surface area contributed by atoms with Crippen LogP contribution in [0, 0.1) is 6.92 Å². The zero-order valence-electron chi connectivity index (χ0n) is 16.3. The number of hydrogen-bond donors (Lipinski definition) is 1. The molecule has 1 saturated heterocycles. The zero-order valence-corrected chi connectivity index (χ0v) is 16.3. The van der Waals surface area contributed by atoms with Crippen LogP contribution in [-0.2, 0) is 0 Å². The van der Waals surface area contributed by atoms with E-state index in [1.165, 1.54) is 6.42 Å². The number of methoxy groups -OCH3 is 1. The van der Waals surface area contributed by atoms with Gasteiger partial charge < -0.3 is 9.64 Å². The Kier molecular flexibility index (Phi) is 4.15. The Morgan fingerprint density at radius 1 is 1.03 bits per heavy atom. The lowest BCUT2D eigenvalue weighted by molar-refractivity contribution is 0.415. The average Bonchev–Trinajstić information content (AvgIpc) is 3.10. The SMILES string of the molecule is COc1ccc(-c2c(C)nn3c2nnc2c(=O)[nH]c(N4CCCCC4)nc23)cc1. The van der Waals surface area contributed by atoms with E-state index in [1.807, 2.05) is 31.2 Å². The van der Waals surface area contributed by atoms with E-state index in [2.05, 4.69) is 25.2 Å². The average molecular weight is 391 g/mol. The number of hydrogen-bond acceptors (Lipinski definition) is 7. The number of fused-ring (bicyclic) bond motifs is 3. The van der Waals surface area contributed by atoms with Gasteiger partial charge >= 0.3 is 0 Å². The van der Waals surface area contributed by atoms with Crippen molar-refractivity contribution in [3.05, 3.63) is 40.3 Å². The Balaban J connectivity index is 1.71. The fourth-order valence-electron chi connectivity index (χ4n) is 3.88. The lowest BCUT2D eigenvalue weighted by Gasteiger charge is -2.26. The summed E-state index contributed by atoms with van der Waals surface area (Å²) in [6.07, 6.45) is 3.39. The van der Waals surface area contributed by atoms with Crippen LogP contribution in [-0.4, -0.2) is 50.0 Å². The maximum atomic E-state index is 12.6. The van der Waals surface area contributed by atoms with Gasteiger partial charge in [-0.2, -0.15) is 14.6 Å². The molecular weight excluding hydrogens is 370 g/mol. The fraction of sp³-hybridized carbons (Fsp3) is 0.350. The van der Waals surface area contributed by atoms with Crippen molar-refractivity contribution in [1.82, 2.24) is 29.8 Å². The van der Waals surface area contributed by atoms with Crippen LogP contribution in [0.15, 0.2) is 29.1 Å². The minimum absolute atomic E-state index is 0.182. The van der Waals surface area contributed by atoms with E-state index >= 15 is 0 Å². The number of rotatable bonds is 3. The molecule has 0 unspecified atom stereocenters. The van der Waals surface area contributed by atoms with Gasteiger partial charge in [0.15, 0.2) is 16.8 Å². The van der Waals surface area contributed by atoms with Crippen LogP contribution >= 0.6 is 0 Å². The number of aromatic amines is 1. The van der Waals surface area contributed by atoms with E-state index in [1.54, 1.807) is 11.6 Å². The summed E-state index contributed by atoms with van der Waals surface area (Å²) in [7, 11) is 1.64. The Bertz CT molecular complexity index is 1250. The molecule has 0 amide bonds. The van der Waals surface area contributed by atoms with Crippen molar-refractivity contribution in [2.24, 2.45) is 0 Å². The molecule has 1 N–H and O–H groups in total. The van der Waals surface area contributed by atoms with Crippen molar-refractivity contribution < 1.29 is 4.74 Å². The van der Waals surface area contributed by atoms with Gasteiger partial charge in [0.25, 0.3) is 5.56 Å². The molecule has 1 aromatic carbocycles. The molecule has 1 aliphatic rings. The van der Waals surface area contributed by atoms with Gasteiger partial charge in [0.1, 0.15) is 5.75 Å². The molecular formula is C20H21N7O2. The lowest BCUT2D eigenvalue weighted by atomic mass is 10.1. The minimum Gasteiger partial charge on any atom is -0.497 e. The summed E-state index contributed by atoms with van der Waals surface area (Å²) in [5.41, 5.74) is 3.48. The molecule has 1 fully saturated rings. The summed E-state index contributed by atoms with van der Waals surface area (Å²) in [6, 6.07) is 7.70. The molecule has 0 bridgehead atoms. The summed E-state index contributed by atoms with van der Waals surface area (Å²) >= 11 is 0. The van der Waals surface area contributed by atoms with E-state index in [9.17, 15) is 4.79 Å². The van der Waals surface area contributed by atoms with Gasteiger partial charge in [0, 0.05) is 13.1 Å². The van der Waals surface area contributed by atoms with Gasteiger partial charge in [-0.1, -0.05) is 12.1 Å². The summed E-state index contributed by atoms with van der Waals surface area (Å²) in [5, 5.41) is 13.1. The Morgan fingerprint density at radius 3 is 2.52 bits per heavy atom. The number of aromatic nitrogens is 6. The lowest BCUT2D eigenvalue weighted by Crippen LogP contribution is -2.32. The molecule has 3 aromatic heterocycles. The van der Waals surface area contributed by atoms with Crippen molar-refractivity contribution in [2.75, 3.05) is 25.1 Å². The highest BCUT2D eigenvalue weighted by Gasteiger charge is 2.20. The van der Waals surface area contributed by atoms with Crippen molar-refractivity contribution in [3.8, 4) is 16.9 Å². The van der Waals surface area contributed by atoms with Crippen LogP contribution in [0.4, 0.5) is 5.95 Å². The molecule has 0 aliphatic carbocycles. The number of anilines is 1. The molecule has 1 aliphatic heterocycles. The fourth-order valence-corrected chi connectivity index (χ4v) is 3.88. The third-order valence-electron chi connectivity index (χ3n) is 5.38. The third kappa shape index (κ3) is 2.89. The van der Waals surface area contributed by atoms with Gasteiger partial charge in [-0.05, 0) is 43.9 Å². The summed E-state index contributed by atoms with van der Waals surface area (Å²) in [5.74, 6) is 1.34. The molecule has 0 spiro atoms. The highest BCUT2D eigenvalue weighted by atomic mass is 16.5. The number of nitrogens with zero attached hydrogens (tertiary/aromatic N) is 6. The number of benzene rings is 1. The van der Waals surface area contributed by atoms with E-state index < -0.39 is 0 Å². The monoisotopic (exact) mass is 391 g/mol. The van der Waals surface area contributed by atoms with Crippen LogP contribution in [0.5, 0.6) is 5.75 Å². The largest absolute Gasteiger partial charge is 0.497 e. The van der Waals surface area contributed by atoms with Gasteiger partial charge in [-0.3, -0.25) is 9.78 Å². The standard InChI is InChI=1S/C20H21N7O2/c1-12-15(13-6-8-14(29-2)9-7-13)17-24-23-16-18(27(17)25-12)21-20(22-19(16)28)26-10-4-3-5-11-26/h6-9H,3-5,10-11H2,1-2H3,(H,21,22,28). The van der Waals surface area contributed by atoms with E-state index in [-0.39, 0.29) is 11.1 Å². The van der Waals surface area contributed by atoms with Crippen molar-refractivity contribution in [1.29, 1.82) is 0 Å². The van der Waals surface area contributed by atoms with Crippen LogP contribution in [0.25, 0.3) is 27.9 Å². The second-order valence-corrected chi connectivity index (χ2v) is 7.23. The van der Waals surface area contributed by atoms with Gasteiger partial charge in [0.05, 0.1) is 18.4 Å². The topological polar surface area (TPSA) is 101 Å². The number of piperidine rings is 1. The number of H-pyrrole nitrogens is 1. The first kappa shape index (κ1) is 17.6. The summed E-state index contributed by atoms with van der Waals surface area (Å²) in [6.45, 7) is 3.68. The van der Waals surface area contributed by atoms with Gasteiger partial charge in [-0.15, -0.1) is 10.2 Å². The second-order valence-electron chi connectivity index (χ2n) is 7.23. The molecule has 29 heavy (non-hydrogen) atoms. The van der Waals surface area contributed by atoms with Crippen LogP contribution in [0.1, 0.15) is 25.0 Å². The van der Waals surface area contributed by atoms with Crippen molar-refractivity contribution in [2.45, 2.75) is 26.2 Å². The zero-order chi connectivity index (χ0) is 20.0. The Morgan fingerprint density at radius 2 is 1.79 bits per heavy atom. The van der Waals surface area contributed by atoms with E-state index in [0.717, 1.165) is 48.5 Å². The molecule has 0 saturated carbocycles. The first-order chi connectivity index (χ1) is 14.2. The highest BCUT2D eigenvalue weighted by molar-refractivity contribution is 5.83. The summed E-state index contributed by atoms with van der Waals surface area (Å²) < 4.78 is 6.87. The molecule has 0 radical (unpaired) electrons. The third-order valence-corrected chi connectivity index (χ3v) is 5.38. The van der Waals surface area contributed by atoms with Gasteiger partial charge in [-0.25, -0.2) is 0 Å². The molecule has 148 valence electrons. The van der Waals surface area contributed by atoms with Crippen molar-refractivity contribution >= 4 is 22.8 Å². The number of nitrogens with one attached hydrogen (secondary N) is 1. The molecule has 4 heterocycles. The number of aryl methyl sites for hydroxylation is 1. The second kappa shape index (κ2) is 6.84. The van der Waals surface area contributed by atoms with Crippen LogP contribution in [0.3, 0.4) is 0 Å². The first-order valence-electron chi connectivity index (χ1n) is 9.71. The van der Waals surface area contributed by atoms with Gasteiger partial charge in [0.2, 0.25) is 5.95 Å². The highest BCUT2D eigenvalue weighted by Crippen LogP contribution is 2.29. The maximum absolute atomic E-state index is 12.6. The molecule has 0 atom stereocenters. The van der Waals surface area contributed by atoms with E-state index in [0.29, 0.717) is 17.2 Å². The molecule has 9 heteroatoms. The molecule has 5 rings (SSSR count). The minimum atomic E-state index is -0.302. The van der Waals surface area contributed by atoms with E-state index in [4.69, 9.17) is 9.72 Å². The summed E-state index contributed by atoms with van der Waals surface area (Å²) in [4.78, 5) is 22.3. The van der Waals surface area contributed by atoms with Crippen molar-refractivity contribution in [3.63, 3.8) is 0 Å². The predicted octanol–water partition coefficient (Wildman–Crippen LogP) is 2.34. The Hall–Kier alpha value is -3.49. The predicted molar refractivity (Wildman–Crippen MR) is 109 cm³/mol. The van der Waals surface area contributed by atoms with Crippen LogP contribution in [0.2, 0.25) is 0 Å². The smallest absolute Gasteiger partial charge is 0.282 e. The maximum Gasteiger partial charge on any atom is 0.282 e.